The minimum Gasteiger partial charge on any atom is -0.380 e. The highest BCUT2D eigenvalue weighted by molar-refractivity contribution is 9.10. The van der Waals surface area contributed by atoms with Gasteiger partial charge in [0, 0.05) is 15.7 Å². The first-order valence-corrected chi connectivity index (χ1v) is 5.85. The highest BCUT2D eigenvalue weighted by Crippen LogP contribution is 2.35. The molecule has 0 aliphatic carbocycles. The maximum Gasteiger partial charge on any atom is 0.0377 e. The summed E-state index contributed by atoms with van der Waals surface area (Å²) in [5.74, 6) is 0.671. The van der Waals surface area contributed by atoms with Gasteiger partial charge in [-0.05, 0) is 49.9 Å². The van der Waals surface area contributed by atoms with E-state index in [0.717, 1.165) is 6.42 Å². The van der Waals surface area contributed by atoms with Crippen molar-refractivity contribution in [1.82, 2.24) is 0 Å². The molecule has 1 aliphatic rings. The molecule has 1 aromatic rings. The van der Waals surface area contributed by atoms with E-state index in [9.17, 15) is 0 Å². The van der Waals surface area contributed by atoms with Crippen molar-refractivity contribution in [1.29, 1.82) is 0 Å². The van der Waals surface area contributed by atoms with E-state index in [0.29, 0.717) is 5.92 Å². The van der Waals surface area contributed by atoms with Gasteiger partial charge in [-0.3, -0.25) is 0 Å². The molecule has 1 aliphatic heterocycles. The summed E-state index contributed by atoms with van der Waals surface area (Å²) < 4.78 is 1.17. The van der Waals surface area contributed by atoms with Gasteiger partial charge in [0.05, 0.1) is 0 Å². The molecule has 0 amide bonds. The van der Waals surface area contributed by atoms with Crippen LogP contribution in [0.25, 0.3) is 0 Å². The standard InChI is InChI=1S/C12H16BrN/c1-8-6-9-7-10(13)4-5-11(9)14-12(8,2)3/h4-5,7-8,14H,6H2,1-3H3. The van der Waals surface area contributed by atoms with Gasteiger partial charge in [-0.25, -0.2) is 0 Å². The smallest absolute Gasteiger partial charge is 0.0377 e. The molecular formula is C12H16BrN. The van der Waals surface area contributed by atoms with E-state index in [2.05, 4.69) is 60.2 Å². The number of nitrogens with one attached hydrogen (secondary N) is 1. The Bertz CT molecular complexity index is 357. The van der Waals surface area contributed by atoms with Gasteiger partial charge in [-0.2, -0.15) is 0 Å². The van der Waals surface area contributed by atoms with Crippen LogP contribution in [0.2, 0.25) is 0 Å². The molecule has 0 fully saturated rings. The molecule has 0 saturated carbocycles. The molecule has 2 rings (SSSR count). The average Bonchev–Trinajstić information content (AvgIpc) is 2.08. The van der Waals surface area contributed by atoms with Crippen LogP contribution in [-0.4, -0.2) is 5.54 Å². The molecular weight excluding hydrogens is 238 g/mol. The van der Waals surface area contributed by atoms with Crippen LogP contribution in [0.3, 0.4) is 0 Å². The molecule has 76 valence electrons. The van der Waals surface area contributed by atoms with Gasteiger partial charge >= 0.3 is 0 Å². The van der Waals surface area contributed by atoms with Gasteiger partial charge in [-0.1, -0.05) is 22.9 Å². The lowest BCUT2D eigenvalue weighted by molar-refractivity contribution is 0.362. The normalized spacial score (nSPS) is 23.9. The summed E-state index contributed by atoms with van der Waals surface area (Å²) in [6, 6.07) is 6.47. The summed E-state index contributed by atoms with van der Waals surface area (Å²) >= 11 is 3.51. The van der Waals surface area contributed by atoms with Crippen molar-refractivity contribution in [3.63, 3.8) is 0 Å². The number of halogens is 1. The second-order valence-corrected chi connectivity index (χ2v) is 5.67. The van der Waals surface area contributed by atoms with Crippen molar-refractivity contribution in [3.8, 4) is 0 Å². The first-order valence-electron chi connectivity index (χ1n) is 5.05. The van der Waals surface area contributed by atoms with Gasteiger partial charge in [0.25, 0.3) is 0 Å². The molecule has 1 aromatic carbocycles. The van der Waals surface area contributed by atoms with Crippen LogP contribution in [-0.2, 0) is 6.42 Å². The Morgan fingerprint density at radius 3 is 2.86 bits per heavy atom. The minimum atomic E-state index is 0.209. The highest BCUT2D eigenvalue weighted by atomic mass is 79.9. The molecule has 0 radical (unpaired) electrons. The molecule has 14 heavy (non-hydrogen) atoms. The van der Waals surface area contributed by atoms with E-state index in [1.807, 2.05) is 0 Å². The van der Waals surface area contributed by atoms with E-state index in [1.165, 1.54) is 15.7 Å². The molecule has 1 unspecified atom stereocenters. The number of hydrogen-bond donors (Lipinski definition) is 1. The Hall–Kier alpha value is -0.500. The third-order valence-corrected chi connectivity index (χ3v) is 3.78. The Labute approximate surface area is 94.0 Å². The summed E-state index contributed by atoms with van der Waals surface area (Å²) in [7, 11) is 0. The zero-order valence-electron chi connectivity index (χ0n) is 8.89. The topological polar surface area (TPSA) is 12.0 Å². The van der Waals surface area contributed by atoms with E-state index < -0.39 is 0 Å². The van der Waals surface area contributed by atoms with Crippen LogP contribution < -0.4 is 5.32 Å². The molecule has 1 N–H and O–H groups in total. The largest absolute Gasteiger partial charge is 0.380 e. The fraction of sp³-hybridized carbons (Fsp3) is 0.500. The van der Waals surface area contributed by atoms with Crippen molar-refractivity contribution in [3.05, 3.63) is 28.2 Å². The van der Waals surface area contributed by atoms with Crippen molar-refractivity contribution >= 4 is 21.6 Å². The Morgan fingerprint density at radius 2 is 2.14 bits per heavy atom. The number of rotatable bonds is 0. The van der Waals surface area contributed by atoms with E-state index in [-0.39, 0.29) is 5.54 Å². The Balaban J connectivity index is 2.41. The Morgan fingerprint density at radius 1 is 1.43 bits per heavy atom. The number of anilines is 1. The summed E-state index contributed by atoms with van der Waals surface area (Å²) in [6.45, 7) is 6.84. The van der Waals surface area contributed by atoms with Crippen LogP contribution >= 0.6 is 15.9 Å². The zero-order valence-corrected chi connectivity index (χ0v) is 10.5. The van der Waals surface area contributed by atoms with E-state index >= 15 is 0 Å². The maximum absolute atomic E-state index is 3.59. The lowest BCUT2D eigenvalue weighted by Gasteiger charge is -2.39. The summed E-state index contributed by atoms with van der Waals surface area (Å²) in [5.41, 5.74) is 2.92. The summed E-state index contributed by atoms with van der Waals surface area (Å²) in [5, 5.41) is 3.59. The zero-order chi connectivity index (χ0) is 10.3. The lowest BCUT2D eigenvalue weighted by atomic mass is 9.80. The molecule has 0 saturated heterocycles. The quantitative estimate of drug-likeness (QED) is 0.741. The predicted octanol–water partition coefficient (Wildman–Crippen LogP) is 3.83. The molecule has 0 spiro atoms. The fourth-order valence-electron chi connectivity index (χ4n) is 1.91. The molecule has 0 bridgehead atoms. The van der Waals surface area contributed by atoms with Crippen molar-refractivity contribution in [2.75, 3.05) is 5.32 Å². The summed E-state index contributed by atoms with van der Waals surface area (Å²) in [6.07, 6.45) is 1.16. The average molecular weight is 254 g/mol. The van der Waals surface area contributed by atoms with Gasteiger partial charge in [0.2, 0.25) is 0 Å². The molecule has 0 aromatic heterocycles. The third-order valence-electron chi connectivity index (χ3n) is 3.28. The second-order valence-electron chi connectivity index (χ2n) is 4.75. The van der Waals surface area contributed by atoms with Gasteiger partial charge in [-0.15, -0.1) is 0 Å². The molecule has 2 heteroatoms. The van der Waals surface area contributed by atoms with E-state index in [4.69, 9.17) is 0 Å². The van der Waals surface area contributed by atoms with Gasteiger partial charge in [0.15, 0.2) is 0 Å². The van der Waals surface area contributed by atoms with E-state index in [1.54, 1.807) is 0 Å². The number of fused-ring (bicyclic) bond motifs is 1. The van der Waals surface area contributed by atoms with Crippen LogP contribution in [0.5, 0.6) is 0 Å². The molecule has 1 heterocycles. The van der Waals surface area contributed by atoms with Crippen LogP contribution in [0.1, 0.15) is 26.3 Å². The highest BCUT2D eigenvalue weighted by Gasteiger charge is 2.30. The lowest BCUT2D eigenvalue weighted by Crippen LogP contribution is -2.42. The van der Waals surface area contributed by atoms with Crippen LogP contribution in [0, 0.1) is 5.92 Å². The minimum absolute atomic E-state index is 0.209. The molecule has 1 nitrogen and oxygen atoms in total. The van der Waals surface area contributed by atoms with Crippen molar-refractivity contribution in [2.24, 2.45) is 5.92 Å². The van der Waals surface area contributed by atoms with Crippen LogP contribution in [0.4, 0.5) is 5.69 Å². The van der Waals surface area contributed by atoms with Gasteiger partial charge < -0.3 is 5.32 Å². The predicted molar refractivity (Wildman–Crippen MR) is 64.7 cm³/mol. The number of benzene rings is 1. The third kappa shape index (κ3) is 1.68. The van der Waals surface area contributed by atoms with Crippen LogP contribution in [0.15, 0.2) is 22.7 Å². The summed E-state index contributed by atoms with van der Waals surface area (Å²) in [4.78, 5) is 0. The first-order chi connectivity index (χ1) is 6.49. The first kappa shape index (κ1) is 10.0. The molecule has 1 atom stereocenters. The Kier molecular flexibility index (Phi) is 2.34. The van der Waals surface area contributed by atoms with Crippen molar-refractivity contribution < 1.29 is 0 Å². The maximum atomic E-state index is 3.59. The van der Waals surface area contributed by atoms with Crippen molar-refractivity contribution in [2.45, 2.75) is 32.7 Å². The second kappa shape index (κ2) is 3.27. The van der Waals surface area contributed by atoms with Gasteiger partial charge in [0.1, 0.15) is 0 Å². The monoisotopic (exact) mass is 253 g/mol. The SMILES string of the molecule is CC1Cc2cc(Br)ccc2NC1(C)C. The fourth-order valence-corrected chi connectivity index (χ4v) is 2.32. The number of hydrogen-bond acceptors (Lipinski definition) is 1.